The van der Waals surface area contributed by atoms with Crippen LogP contribution in [0.2, 0.25) is 0 Å². The van der Waals surface area contributed by atoms with Gasteiger partial charge in [0, 0.05) is 11.4 Å². The van der Waals surface area contributed by atoms with Crippen molar-refractivity contribution in [2.45, 2.75) is 45.1 Å². The van der Waals surface area contributed by atoms with Gasteiger partial charge in [-0.1, -0.05) is 25.8 Å². The fourth-order valence-corrected chi connectivity index (χ4v) is 3.61. The van der Waals surface area contributed by atoms with Crippen LogP contribution in [0.25, 0.3) is 0 Å². The number of nitrogens with one attached hydrogen (secondary N) is 1. The van der Waals surface area contributed by atoms with Gasteiger partial charge in [-0.05, 0) is 30.7 Å². The highest BCUT2D eigenvalue weighted by molar-refractivity contribution is 7.10. The van der Waals surface area contributed by atoms with E-state index in [4.69, 9.17) is 5.73 Å². The summed E-state index contributed by atoms with van der Waals surface area (Å²) in [5.41, 5.74) is 5.55. The molecule has 1 aliphatic rings. The van der Waals surface area contributed by atoms with Gasteiger partial charge in [0.2, 0.25) is 5.91 Å². The summed E-state index contributed by atoms with van der Waals surface area (Å²) >= 11 is 1.70. The minimum absolute atomic E-state index is 0.140. The summed E-state index contributed by atoms with van der Waals surface area (Å²) < 4.78 is 0. The highest BCUT2D eigenvalue weighted by Crippen LogP contribution is 2.38. The van der Waals surface area contributed by atoms with E-state index in [1.54, 1.807) is 11.3 Å². The van der Waals surface area contributed by atoms with E-state index in [0.717, 1.165) is 32.1 Å². The van der Waals surface area contributed by atoms with Gasteiger partial charge in [0.1, 0.15) is 0 Å². The summed E-state index contributed by atoms with van der Waals surface area (Å²) in [6.45, 7) is 2.58. The number of rotatable bonds is 5. The molecule has 1 unspecified atom stereocenters. The van der Waals surface area contributed by atoms with E-state index in [1.807, 2.05) is 6.07 Å². The van der Waals surface area contributed by atoms with Crippen LogP contribution in [0.15, 0.2) is 17.5 Å². The fraction of sp³-hybridized carbons (Fsp3) is 0.643. The second kappa shape index (κ2) is 5.85. The number of nitrogens with two attached hydrogens (primary N) is 1. The molecule has 1 aliphatic carbocycles. The zero-order valence-corrected chi connectivity index (χ0v) is 11.8. The Bertz CT molecular complexity index is 383. The van der Waals surface area contributed by atoms with Crippen LogP contribution in [0.3, 0.4) is 0 Å². The molecule has 1 heterocycles. The van der Waals surface area contributed by atoms with Crippen LogP contribution in [-0.4, -0.2) is 12.5 Å². The summed E-state index contributed by atoms with van der Waals surface area (Å²) in [5.74, 6) is 0.155. The summed E-state index contributed by atoms with van der Waals surface area (Å²) in [6.07, 6.45) is 5.06. The first kappa shape index (κ1) is 13.6. The number of thiophene rings is 1. The molecule has 3 nitrogen and oxygen atoms in total. The van der Waals surface area contributed by atoms with Gasteiger partial charge >= 0.3 is 0 Å². The number of amides is 1. The SMILES string of the molecule is CCC(NC(=O)C1(CN)CCCC1)c1cccs1. The molecule has 18 heavy (non-hydrogen) atoms. The molecule has 1 aromatic heterocycles. The van der Waals surface area contributed by atoms with Crippen molar-refractivity contribution in [1.82, 2.24) is 5.32 Å². The summed E-state index contributed by atoms with van der Waals surface area (Å²) in [6, 6.07) is 4.26. The second-order valence-electron chi connectivity index (χ2n) is 5.14. The Morgan fingerprint density at radius 1 is 1.56 bits per heavy atom. The second-order valence-corrected chi connectivity index (χ2v) is 6.12. The van der Waals surface area contributed by atoms with Gasteiger partial charge in [-0.25, -0.2) is 0 Å². The Hall–Kier alpha value is -0.870. The molecule has 1 atom stereocenters. The average Bonchev–Trinajstić information content (AvgIpc) is 3.06. The third-order valence-corrected chi connectivity index (χ3v) is 5.02. The van der Waals surface area contributed by atoms with Gasteiger partial charge in [0.15, 0.2) is 0 Å². The predicted molar refractivity (Wildman–Crippen MR) is 75.4 cm³/mol. The Labute approximate surface area is 113 Å². The molecule has 100 valence electrons. The van der Waals surface area contributed by atoms with E-state index >= 15 is 0 Å². The number of carbonyl (C=O) groups excluding carboxylic acids is 1. The Kier molecular flexibility index (Phi) is 4.40. The molecular weight excluding hydrogens is 244 g/mol. The minimum Gasteiger partial charge on any atom is -0.348 e. The van der Waals surface area contributed by atoms with Crippen LogP contribution in [0.1, 0.15) is 49.9 Å². The number of carbonyl (C=O) groups is 1. The summed E-state index contributed by atoms with van der Waals surface area (Å²) in [4.78, 5) is 13.7. The molecule has 0 spiro atoms. The van der Waals surface area contributed by atoms with Gasteiger partial charge in [-0.3, -0.25) is 4.79 Å². The van der Waals surface area contributed by atoms with Crippen molar-refractivity contribution in [3.63, 3.8) is 0 Å². The minimum atomic E-state index is -0.301. The van der Waals surface area contributed by atoms with Crippen LogP contribution in [0, 0.1) is 5.41 Å². The molecule has 0 bridgehead atoms. The molecular formula is C14H22N2OS. The van der Waals surface area contributed by atoms with Crippen LogP contribution in [-0.2, 0) is 4.79 Å². The molecule has 1 fully saturated rings. The van der Waals surface area contributed by atoms with Crippen molar-refractivity contribution in [3.8, 4) is 0 Å². The van der Waals surface area contributed by atoms with Crippen LogP contribution >= 0.6 is 11.3 Å². The molecule has 0 aliphatic heterocycles. The molecule has 1 amide bonds. The van der Waals surface area contributed by atoms with E-state index < -0.39 is 0 Å². The fourth-order valence-electron chi connectivity index (χ4n) is 2.75. The molecule has 4 heteroatoms. The lowest BCUT2D eigenvalue weighted by Gasteiger charge is -2.28. The normalized spacial score (nSPS) is 19.7. The zero-order chi connectivity index (χ0) is 13.0. The lowest BCUT2D eigenvalue weighted by atomic mass is 9.85. The summed E-state index contributed by atoms with van der Waals surface area (Å²) in [7, 11) is 0. The average molecular weight is 266 g/mol. The first-order chi connectivity index (χ1) is 8.72. The van der Waals surface area contributed by atoms with E-state index in [-0.39, 0.29) is 17.4 Å². The molecule has 1 aromatic rings. The highest BCUT2D eigenvalue weighted by atomic mass is 32.1. The molecule has 0 saturated heterocycles. The van der Waals surface area contributed by atoms with Gasteiger partial charge < -0.3 is 11.1 Å². The van der Waals surface area contributed by atoms with Crippen molar-refractivity contribution >= 4 is 17.2 Å². The lowest BCUT2D eigenvalue weighted by Crippen LogP contribution is -2.45. The number of hydrogen-bond acceptors (Lipinski definition) is 3. The topological polar surface area (TPSA) is 55.1 Å². The number of hydrogen-bond donors (Lipinski definition) is 2. The first-order valence-corrected chi connectivity index (χ1v) is 7.64. The molecule has 2 rings (SSSR count). The van der Waals surface area contributed by atoms with Gasteiger partial charge in [-0.15, -0.1) is 11.3 Å². The molecule has 0 radical (unpaired) electrons. The smallest absolute Gasteiger partial charge is 0.228 e. The quantitative estimate of drug-likeness (QED) is 0.861. The lowest BCUT2D eigenvalue weighted by molar-refractivity contribution is -0.131. The van der Waals surface area contributed by atoms with Gasteiger partial charge in [0.25, 0.3) is 0 Å². The largest absolute Gasteiger partial charge is 0.348 e. The summed E-state index contributed by atoms with van der Waals surface area (Å²) in [5, 5.41) is 5.25. The maximum absolute atomic E-state index is 12.5. The van der Waals surface area contributed by atoms with E-state index in [0.29, 0.717) is 6.54 Å². The molecule has 0 aromatic carbocycles. The predicted octanol–water partition coefficient (Wildman–Crippen LogP) is 2.83. The van der Waals surface area contributed by atoms with Crippen molar-refractivity contribution < 1.29 is 4.79 Å². The van der Waals surface area contributed by atoms with E-state index in [9.17, 15) is 4.79 Å². The van der Waals surface area contributed by atoms with Crippen LogP contribution in [0.5, 0.6) is 0 Å². The van der Waals surface area contributed by atoms with E-state index in [1.165, 1.54) is 4.88 Å². The van der Waals surface area contributed by atoms with Crippen molar-refractivity contribution in [3.05, 3.63) is 22.4 Å². The first-order valence-electron chi connectivity index (χ1n) is 6.76. The van der Waals surface area contributed by atoms with Gasteiger partial charge in [0.05, 0.1) is 11.5 Å². The third-order valence-electron chi connectivity index (χ3n) is 4.03. The monoisotopic (exact) mass is 266 g/mol. The van der Waals surface area contributed by atoms with Crippen LogP contribution in [0.4, 0.5) is 0 Å². The zero-order valence-electron chi connectivity index (χ0n) is 10.9. The Balaban J connectivity index is 2.05. The molecule has 3 N–H and O–H groups in total. The highest BCUT2D eigenvalue weighted by Gasteiger charge is 2.40. The maximum atomic E-state index is 12.5. The molecule has 1 saturated carbocycles. The Morgan fingerprint density at radius 3 is 2.78 bits per heavy atom. The van der Waals surface area contributed by atoms with Crippen molar-refractivity contribution in [2.24, 2.45) is 11.1 Å². The van der Waals surface area contributed by atoms with Crippen molar-refractivity contribution in [1.29, 1.82) is 0 Å². The van der Waals surface area contributed by atoms with E-state index in [2.05, 4.69) is 23.7 Å². The van der Waals surface area contributed by atoms with Gasteiger partial charge in [-0.2, -0.15) is 0 Å². The Morgan fingerprint density at radius 2 is 2.28 bits per heavy atom. The maximum Gasteiger partial charge on any atom is 0.228 e. The third kappa shape index (κ3) is 2.59. The van der Waals surface area contributed by atoms with Crippen molar-refractivity contribution in [2.75, 3.05) is 6.54 Å². The van der Waals surface area contributed by atoms with Crippen LogP contribution < -0.4 is 11.1 Å². The standard InChI is InChI=1S/C14H22N2OS/c1-2-11(12-6-5-9-18-12)16-13(17)14(10-15)7-3-4-8-14/h5-6,9,11H,2-4,7-8,10,15H2,1H3,(H,16,17).